The molecular weight excluding hydrogens is 300 g/mol. The molecule has 0 saturated heterocycles. The maximum absolute atomic E-state index is 9.42. The van der Waals surface area contributed by atoms with Crippen LogP contribution < -0.4 is 4.74 Å². The minimum absolute atomic E-state index is 0.0782. The SMILES string of the molecule is Cc1cc2nc(COc3cccc(C)c3C)n(CCO)c2cc1C. The van der Waals surface area contributed by atoms with Gasteiger partial charge in [0.15, 0.2) is 0 Å². The van der Waals surface area contributed by atoms with Crippen LogP contribution in [0, 0.1) is 27.7 Å². The van der Waals surface area contributed by atoms with Gasteiger partial charge in [-0.1, -0.05) is 12.1 Å². The molecule has 0 bridgehead atoms. The van der Waals surface area contributed by atoms with Gasteiger partial charge in [0, 0.05) is 6.54 Å². The van der Waals surface area contributed by atoms with E-state index in [1.54, 1.807) is 0 Å². The molecule has 2 aromatic carbocycles. The van der Waals surface area contributed by atoms with Gasteiger partial charge < -0.3 is 14.4 Å². The molecule has 0 radical (unpaired) electrons. The van der Waals surface area contributed by atoms with Crippen molar-refractivity contribution >= 4 is 11.0 Å². The topological polar surface area (TPSA) is 47.3 Å². The van der Waals surface area contributed by atoms with E-state index >= 15 is 0 Å². The van der Waals surface area contributed by atoms with Crippen LogP contribution in [0.3, 0.4) is 0 Å². The van der Waals surface area contributed by atoms with Gasteiger partial charge in [0.1, 0.15) is 18.2 Å². The molecule has 0 fully saturated rings. The lowest BCUT2D eigenvalue weighted by molar-refractivity contribution is 0.259. The largest absolute Gasteiger partial charge is 0.485 e. The summed E-state index contributed by atoms with van der Waals surface area (Å²) in [5.74, 6) is 1.72. The van der Waals surface area contributed by atoms with Crippen molar-refractivity contribution in [3.63, 3.8) is 0 Å². The first-order valence-electron chi connectivity index (χ1n) is 8.27. The number of hydrogen-bond donors (Lipinski definition) is 1. The average molecular weight is 324 g/mol. The summed E-state index contributed by atoms with van der Waals surface area (Å²) in [6.07, 6.45) is 0. The lowest BCUT2D eigenvalue weighted by Gasteiger charge is -2.12. The summed E-state index contributed by atoms with van der Waals surface area (Å²) >= 11 is 0. The maximum Gasteiger partial charge on any atom is 0.148 e. The van der Waals surface area contributed by atoms with Crippen molar-refractivity contribution < 1.29 is 9.84 Å². The molecule has 0 spiro atoms. The molecule has 0 aliphatic carbocycles. The maximum atomic E-state index is 9.42. The number of fused-ring (bicyclic) bond motifs is 1. The number of rotatable bonds is 5. The van der Waals surface area contributed by atoms with Crippen molar-refractivity contribution in [2.24, 2.45) is 0 Å². The number of nitrogens with zero attached hydrogens (tertiary/aromatic N) is 2. The fourth-order valence-corrected chi connectivity index (χ4v) is 2.91. The van der Waals surface area contributed by atoms with Crippen LogP contribution in [0.5, 0.6) is 5.75 Å². The van der Waals surface area contributed by atoms with E-state index in [0.717, 1.165) is 28.2 Å². The minimum atomic E-state index is 0.0782. The summed E-state index contributed by atoms with van der Waals surface area (Å²) in [4.78, 5) is 4.73. The van der Waals surface area contributed by atoms with Crippen molar-refractivity contribution in [2.75, 3.05) is 6.61 Å². The van der Waals surface area contributed by atoms with Gasteiger partial charge in [0.05, 0.1) is 17.6 Å². The number of benzene rings is 2. The van der Waals surface area contributed by atoms with E-state index in [0.29, 0.717) is 13.2 Å². The van der Waals surface area contributed by atoms with E-state index in [9.17, 15) is 5.11 Å². The summed E-state index contributed by atoms with van der Waals surface area (Å²) in [5, 5.41) is 9.42. The Labute approximate surface area is 142 Å². The van der Waals surface area contributed by atoms with Gasteiger partial charge in [-0.3, -0.25) is 0 Å². The third-order valence-electron chi connectivity index (χ3n) is 4.68. The molecule has 3 aromatic rings. The van der Waals surface area contributed by atoms with Crippen molar-refractivity contribution in [1.29, 1.82) is 0 Å². The van der Waals surface area contributed by atoms with Gasteiger partial charge in [0.2, 0.25) is 0 Å². The van der Waals surface area contributed by atoms with Crippen LogP contribution in [0.4, 0.5) is 0 Å². The Bertz CT molecular complexity index is 881. The molecule has 1 aromatic heterocycles. The van der Waals surface area contributed by atoms with E-state index in [-0.39, 0.29) is 6.61 Å². The smallest absolute Gasteiger partial charge is 0.148 e. The number of aliphatic hydroxyl groups excluding tert-OH is 1. The molecule has 4 nitrogen and oxygen atoms in total. The van der Waals surface area contributed by atoms with Crippen LogP contribution in [0.2, 0.25) is 0 Å². The zero-order valence-corrected chi connectivity index (χ0v) is 14.8. The Morgan fingerprint density at radius 2 is 1.79 bits per heavy atom. The Morgan fingerprint density at radius 3 is 2.54 bits per heavy atom. The Morgan fingerprint density at radius 1 is 1.04 bits per heavy atom. The highest BCUT2D eigenvalue weighted by Gasteiger charge is 2.13. The molecule has 0 unspecified atom stereocenters. The zero-order valence-electron chi connectivity index (χ0n) is 14.8. The van der Waals surface area contributed by atoms with E-state index < -0.39 is 0 Å². The van der Waals surface area contributed by atoms with Gasteiger partial charge >= 0.3 is 0 Å². The zero-order chi connectivity index (χ0) is 17.3. The van der Waals surface area contributed by atoms with Crippen LogP contribution in [-0.4, -0.2) is 21.3 Å². The first-order valence-corrected chi connectivity index (χ1v) is 8.27. The average Bonchev–Trinajstić information content (AvgIpc) is 2.87. The van der Waals surface area contributed by atoms with Crippen LogP contribution >= 0.6 is 0 Å². The molecule has 4 heteroatoms. The lowest BCUT2D eigenvalue weighted by atomic mass is 10.1. The fraction of sp³-hybridized carbons (Fsp3) is 0.350. The summed E-state index contributed by atoms with van der Waals surface area (Å²) in [6.45, 7) is 9.31. The normalized spacial score (nSPS) is 11.2. The Kier molecular flexibility index (Phi) is 4.58. The predicted molar refractivity (Wildman–Crippen MR) is 96.5 cm³/mol. The molecule has 0 saturated carbocycles. The monoisotopic (exact) mass is 324 g/mol. The van der Waals surface area contributed by atoms with Crippen LogP contribution in [0.25, 0.3) is 11.0 Å². The number of ether oxygens (including phenoxy) is 1. The molecule has 126 valence electrons. The van der Waals surface area contributed by atoms with E-state index in [2.05, 4.69) is 45.9 Å². The van der Waals surface area contributed by atoms with Crippen LogP contribution in [-0.2, 0) is 13.2 Å². The number of aliphatic hydroxyl groups is 1. The van der Waals surface area contributed by atoms with Crippen molar-refractivity contribution in [3.05, 3.63) is 58.4 Å². The van der Waals surface area contributed by atoms with E-state index in [1.165, 1.54) is 16.7 Å². The number of aryl methyl sites for hydroxylation is 3. The minimum Gasteiger partial charge on any atom is -0.485 e. The van der Waals surface area contributed by atoms with Gasteiger partial charge in [-0.25, -0.2) is 4.98 Å². The lowest BCUT2D eigenvalue weighted by Crippen LogP contribution is -2.10. The molecule has 0 amide bonds. The Hall–Kier alpha value is -2.33. The third kappa shape index (κ3) is 3.02. The summed E-state index contributed by atoms with van der Waals surface area (Å²) < 4.78 is 8.06. The van der Waals surface area contributed by atoms with E-state index in [1.807, 2.05) is 16.7 Å². The Balaban J connectivity index is 1.96. The molecule has 0 aliphatic rings. The molecular formula is C20H24N2O2. The van der Waals surface area contributed by atoms with Gasteiger partial charge in [-0.05, 0) is 68.1 Å². The molecule has 1 heterocycles. The van der Waals surface area contributed by atoms with Crippen molar-refractivity contribution in [2.45, 2.75) is 40.8 Å². The molecule has 24 heavy (non-hydrogen) atoms. The van der Waals surface area contributed by atoms with Gasteiger partial charge in [0.25, 0.3) is 0 Å². The number of hydrogen-bond acceptors (Lipinski definition) is 3. The van der Waals surface area contributed by atoms with Crippen molar-refractivity contribution in [3.8, 4) is 5.75 Å². The summed E-state index contributed by atoms with van der Waals surface area (Å²) in [6, 6.07) is 10.3. The van der Waals surface area contributed by atoms with E-state index in [4.69, 9.17) is 9.72 Å². The van der Waals surface area contributed by atoms with Crippen LogP contribution in [0.1, 0.15) is 28.1 Å². The van der Waals surface area contributed by atoms with Gasteiger partial charge in [-0.2, -0.15) is 0 Å². The van der Waals surface area contributed by atoms with Crippen LogP contribution in [0.15, 0.2) is 30.3 Å². The number of aromatic nitrogens is 2. The second-order valence-electron chi connectivity index (χ2n) is 6.32. The van der Waals surface area contributed by atoms with Gasteiger partial charge in [-0.15, -0.1) is 0 Å². The highest BCUT2D eigenvalue weighted by Crippen LogP contribution is 2.24. The van der Waals surface area contributed by atoms with Crippen molar-refractivity contribution in [1.82, 2.24) is 9.55 Å². The highest BCUT2D eigenvalue weighted by molar-refractivity contribution is 5.78. The second-order valence-corrected chi connectivity index (χ2v) is 6.32. The first-order chi connectivity index (χ1) is 11.5. The quantitative estimate of drug-likeness (QED) is 0.775. The molecule has 0 atom stereocenters. The third-order valence-corrected chi connectivity index (χ3v) is 4.68. The number of imidazole rings is 1. The standard InChI is InChI=1S/C20H24N2O2/c1-13-6-5-7-19(16(13)4)24-12-20-21-17-10-14(2)15(3)11-18(17)22(20)8-9-23/h5-7,10-11,23H,8-9,12H2,1-4H3. The molecule has 1 N–H and O–H groups in total. The summed E-state index contributed by atoms with van der Waals surface area (Å²) in [7, 11) is 0. The highest BCUT2D eigenvalue weighted by atomic mass is 16.5. The summed E-state index contributed by atoms with van der Waals surface area (Å²) in [5.41, 5.74) is 6.80. The molecule has 3 rings (SSSR count). The first kappa shape index (κ1) is 16.5. The fourth-order valence-electron chi connectivity index (χ4n) is 2.91. The predicted octanol–water partition coefficient (Wildman–Crippen LogP) is 3.84. The second kappa shape index (κ2) is 6.65. The molecule has 0 aliphatic heterocycles.